The highest BCUT2D eigenvalue weighted by Crippen LogP contribution is 2.18. The van der Waals surface area contributed by atoms with Gasteiger partial charge in [0.1, 0.15) is 0 Å². The average molecular weight is 350 g/mol. The summed E-state index contributed by atoms with van der Waals surface area (Å²) in [6.45, 7) is 3.96. The van der Waals surface area contributed by atoms with Crippen molar-refractivity contribution in [1.29, 1.82) is 0 Å². The summed E-state index contributed by atoms with van der Waals surface area (Å²) in [5.41, 5.74) is 4.03. The first-order chi connectivity index (χ1) is 12.1. The highest BCUT2D eigenvalue weighted by Gasteiger charge is 2.08. The van der Waals surface area contributed by atoms with Crippen LogP contribution in [0.5, 0.6) is 0 Å². The van der Waals surface area contributed by atoms with Crippen LogP contribution >= 0.6 is 11.3 Å². The minimum Gasteiger partial charge on any atom is -0.322 e. The maximum atomic E-state index is 12.3. The minimum absolute atomic E-state index is 0.0830. The molecule has 0 bridgehead atoms. The molecule has 3 nitrogen and oxygen atoms in total. The fraction of sp³-hybridized carbons (Fsp3) is 0.190. The van der Waals surface area contributed by atoms with Crippen LogP contribution in [-0.2, 0) is 13.1 Å². The normalized spacial score (nSPS) is 10.8. The Morgan fingerprint density at radius 2 is 1.72 bits per heavy atom. The van der Waals surface area contributed by atoms with Crippen LogP contribution < -0.4 is 5.32 Å². The third kappa shape index (κ3) is 4.78. The molecule has 0 saturated carbocycles. The maximum absolute atomic E-state index is 12.3. The van der Waals surface area contributed by atoms with Gasteiger partial charge in [-0.05, 0) is 60.8 Å². The molecule has 0 saturated heterocycles. The average Bonchev–Trinajstić information content (AvgIpc) is 3.01. The number of nitrogens with zero attached hydrogens (tertiary/aromatic N) is 1. The number of rotatable bonds is 6. The Balaban J connectivity index is 1.58. The van der Waals surface area contributed by atoms with Gasteiger partial charge >= 0.3 is 0 Å². The van der Waals surface area contributed by atoms with Gasteiger partial charge in [0.2, 0.25) is 0 Å². The van der Waals surface area contributed by atoms with Crippen molar-refractivity contribution in [1.82, 2.24) is 4.90 Å². The fourth-order valence-corrected chi connectivity index (χ4v) is 3.65. The molecule has 0 aliphatic carbocycles. The van der Waals surface area contributed by atoms with Crippen LogP contribution in [0.15, 0.2) is 66.0 Å². The van der Waals surface area contributed by atoms with Crippen molar-refractivity contribution in [2.24, 2.45) is 0 Å². The highest BCUT2D eigenvalue weighted by atomic mass is 32.1. The molecule has 1 N–H and O–H groups in total. The third-order valence-corrected chi connectivity index (χ3v) is 5.09. The number of para-hydroxylation sites is 1. The lowest BCUT2D eigenvalue weighted by Gasteiger charge is -2.16. The van der Waals surface area contributed by atoms with Gasteiger partial charge in [0.05, 0.1) is 0 Å². The number of nitrogens with one attached hydrogen (secondary N) is 1. The summed E-state index contributed by atoms with van der Waals surface area (Å²) in [7, 11) is 2.12. The first-order valence-corrected chi connectivity index (χ1v) is 9.16. The molecule has 2 aromatic carbocycles. The van der Waals surface area contributed by atoms with Crippen molar-refractivity contribution < 1.29 is 4.79 Å². The molecular weight excluding hydrogens is 328 g/mol. The Labute approximate surface area is 152 Å². The van der Waals surface area contributed by atoms with Gasteiger partial charge in [-0.2, -0.15) is 0 Å². The largest absolute Gasteiger partial charge is 0.322 e. The van der Waals surface area contributed by atoms with Gasteiger partial charge in [-0.25, -0.2) is 0 Å². The molecule has 0 fully saturated rings. The lowest BCUT2D eigenvalue weighted by Crippen LogP contribution is -2.17. The number of anilines is 1. The van der Waals surface area contributed by atoms with Crippen LogP contribution in [0.2, 0.25) is 0 Å². The second-order valence-electron chi connectivity index (χ2n) is 6.22. The minimum atomic E-state index is -0.0830. The van der Waals surface area contributed by atoms with Gasteiger partial charge in [0.25, 0.3) is 5.91 Å². The molecule has 1 heterocycles. The molecule has 0 aliphatic rings. The van der Waals surface area contributed by atoms with E-state index in [1.807, 2.05) is 54.6 Å². The Kier molecular flexibility index (Phi) is 5.64. The standard InChI is InChI=1S/C21H22N2OS/c1-16-12-13-25-20(16)15-23(2)14-17-8-10-18(11-9-17)21(24)22-19-6-4-3-5-7-19/h3-13H,14-15H2,1-2H3,(H,22,24). The predicted octanol–water partition coefficient (Wildman–Crippen LogP) is 4.94. The second kappa shape index (κ2) is 8.10. The predicted molar refractivity (Wildman–Crippen MR) is 105 cm³/mol. The number of aryl methyl sites for hydroxylation is 1. The zero-order valence-electron chi connectivity index (χ0n) is 14.5. The Bertz CT molecular complexity index is 825. The number of carbonyl (C=O) groups excluding carboxylic acids is 1. The molecule has 0 spiro atoms. The van der Waals surface area contributed by atoms with Crippen molar-refractivity contribution in [3.63, 3.8) is 0 Å². The van der Waals surface area contributed by atoms with E-state index < -0.39 is 0 Å². The van der Waals surface area contributed by atoms with E-state index in [-0.39, 0.29) is 5.91 Å². The zero-order valence-corrected chi connectivity index (χ0v) is 15.3. The molecular formula is C21H22N2OS. The number of amides is 1. The van der Waals surface area contributed by atoms with Crippen molar-refractivity contribution in [3.8, 4) is 0 Å². The molecule has 128 valence electrons. The van der Waals surface area contributed by atoms with Gasteiger partial charge in [-0.3, -0.25) is 9.69 Å². The summed E-state index contributed by atoms with van der Waals surface area (Å²) in [6.07, 6.45) is 0. The summed E-state index contributed by atoms with van der Waals surface area (Å²) < 4.78 is 0. The molecule has 3 aromatic rings. The molecule has 0 aliphatic heterocycles. The van der Waals surface area contributed by atoms with Crippen LogP contribution in [0.4, 0.5) is 5.69 Å². The number of carbonyl (C=O) groups is 1. The van der Waals surface area contributed by atoms with Crippen molar-refractivity contribution in [3.05, 3.63) is 87.6 Å². The fourth-order valence-electron chi connectivity index (χ4n) is 2.67. The smallest absolute Gasteiger partial charge is 0.255 e. The number of hydrogen-bond donors (Lipinski definition) is 1. The van der Waals surface area contributed by atoms with Gasteiger partial charge in [0.15, 0.2) is 0 Å². The van der Waals surface area contributed by atoms with Gasteiger partial charge in [-0.15, -0.1) is 11.3 Å². The summed E-state index contributed by atoms with van der Waals surface area (Å²) in [6, 6.07) is 19.5. The first-order valence-electron chi connectivity index (χ1n) is 8.28. The molecule has 1 amide bonds. The molecule has 1 aromatic heterocycles. The molecule has 0 unspecified atom stereocenters. The van der Waals surface area contributed by atoms with Gasteiger partial charge in [-0.1, -0.05) is 30.3 Å². The van der Waals surface area contributed by atoms with E-state index in [0.717, 1.165) is 18.8 Å². The quantitative estimate of drug-likeness (QED) is 0.683. The topological polar surface area (TPSA) is 32.3 Å². The maximum Gasteiger partial charge on any atom is 0.255 e. The zero-order chi connectivity index (χ0) is 17.6. The summed E-state index contributed by atoms with van der Waals surface area (Å²) in [4.78, 5) is 16.0. The Morgan fingerprint density at radius 1 is 1.00 bits per heavy atom. The van der Waals surface area contributed by atoms with Crippen molar-refractivity contribution in [2.75, 3.05) is 12.4 Å². The van der Waals surface area contributed by atoms with E-state index in [1.54, 1.807) is 11.3 Å². The van der Waals surface area contributed by atoms with E-state index in [2.05, 4.69) is 35.6 Å². The second-order valence-corrected chi connectivity index (χ2v) is 7.22. The van der Waals surface area contributed by atoms with E-state index in [0.29, 0.717) is 5.56 Å². The molecule has 25 heavy (non-hydrogen) atoms. The van der Waals surface area contributed by atoms with E-state index in [9.17, 15) is 4.79 Å². The summed E-state index contributed by atoms with van der Waals surface area (Å²) in [5, 5.41) is 5.04. The monoisotopic (exact) mass is 350 g/mol. The van der Waals surface area contributed by atoms with Crippen molar-refractivity contribution in [2.45, 2.75) is 20.0 Å². The molecule has 0 radical (unpaired) electrons. The number of hydrogen-bond acceptors (Lipinski definition) is 3. The Hall–Kier alpha value is -2.43. The molecule has 4 heteroatoms. The number of thiophene rings is 1. The van der Waals surface area contributed by atoms with Crippen LogP contribution in [0.1, 0.15) is 26.4 Å². The first kappa shape index (κ1) is 17.4. The van der Waals surface area contributed by atoms with Crippen molar-refractivity contribution >= 4 is 22.9 Å². The van der Waals surface area contributed by atoms with Gasteiger partial charge in [0, 0.05) is 29.2 Å². The summed E-state index contributed by atoms with van der Waals surface area (Å²) in [5.74, 6) is -0.0830. The van der Waals surface area contributed by atoms with Crippen LogP contribution in [-0.4, -0.2) is 17.9 Å². The lowest BCUT2D eigenvalue weighted by atomic mass is 10.1. The van der Waals surface area contributed by atoms with Crippen LogP contribution in [0.3, 0.4) is 0 Å². The van der Waals surface area contributed by atoms with E-state index in [4.69, 9.17) is 0 Å². The third-order valence-electron chi connectivity index (χ3n) is 4.08. The lowest BCUT2D eigenvalue weighted by molar-refractivity contribution is 0.102. The van der Waals surface area contributed by atoms with E-state index in [1.165, 1.54) is 16.0 Å². The van der Waals surface area contributed by atoms with E-state index >= 15 is 0 Å². The number of benzene rings is 2. The van der Waals surface area contributed by atoms with Gasteiger partial charge < -0.3 is 5.32 Å². The molecule has 3 rings (SSSR count). The van der Waals surface area contributed by atoms with Crippen LogP contribution in [0.25, 0.3) is 0 Å². The Morgan fingerprint density at radius 3 is 2.36 bits per heavy atom. The molecule has 0 atom stereocenters. The summed E-state index contributed by atoms with van der Waals surface area (Å²) >= 11 is 1.80. The van der Waals surface area contributed by atoms with Crippen LogP contribution in [0, 0.1) is 6.92 Å². The highest BCUT2D eigenvalue weighted by molar-refractivity contribution is 7.10. The SMILES string of the molecule is Cc1ccsc1CN(C)Cc1ccc(C(=O)Nc2ccccc2)cc1.